The molecule has 0 bridgehead atoms. The fraction of sp³-hybridized carbons (Fsp3) is 0.429. The zero-order valence-corrected chi connectivity index (χ0v) is 11.5. The van der Waals surface area contributed by atoms with Crippen molar-refractivity contribution in [2.75, 3.05) is 26.0 Å². The number of nitrogens with zero attached hydrogens (tertiary/aromatic N) is 1. The molecule has 102 valence electrons. The topological polar surface area (TPSA) is 61.4 Å². The van der Waals surface area contributed by atoms with Crippen molar-refractivity contribution in [3.8, 4) is 0 Å². The van der Waals surface area contributed by atoms with Gasteiger partial charge in [0.15, 0.2) is 0 Å². The van der Waals surface area contributed by atoms with Gasteiger partial charge in [0, 0.05) is 26.2 Å². The average Bonchev–Trinajstić information content (AvgIpc) is 2.43. The van der Waals surface area contributed by atoms with Gasteiger partial charge in [0.25, 0.3) is 0 Å². The van der Waals surface area contributed by atoms with Gasteiger partial charge < -0.3 is 15.5 Å². The van der Waals surface area contributed by atoms with E-state index in [-0.39, 0.29) is 17.9 Å². The molecule has 1 atom stereocenters. The highest BCUT2D eigenvalue weighted by Crippen LogP contribution is 2.29. The van der Waals surface area contributed by atoms with Crippen molar-refractivity contribution < 1.29 is 9.59 Å². The first-order valence-corrected chi connectivity index (χ1v) is 6.36. The van der Waals surface area contributed by atoms with Crippen LogP contribution in [0.25, 0.3) is 0 Å². The third kappa shape index (κ3) is 2.46. The Balaban J connectivity index is 2.36. The fourth-order valence-electron chi connectivity index (χ4n) is 2.45. The van der Waals surface area contributed by atoms with Gasteiger partial charge in [0.1, 0.15) is 6.04 Å². The fourth-order valence-corrected chi connectivity index (χ4v) is 2.45. The number of hydrogen-bond donors (Lipinski definition) is 2. The van der Waals surface area contributed by atoms with Crippen LogP contribution in [0, 0.1) is 0 Å². The number of amides is 2. The molecule has 19 heavy (non-hydrogen) atoms. The lowest BCUT2D eigenvalue weighted by atomic mass is 9.96. The van der Waals surface area contributed by atoms with Gasteiger partial charge in [-0.2, -0.15) is 0 Å². The van der Waals surface area contributed by atoms with Crippen molar-refractivity contribution in [3.05, 3.63) is 29.3 Å². The second-order valence-electron chi connectivity index (χ2n) is 4.68. The van der Waals surface area contributed by atoms with E-state index in [1.54, 1.807) is 26.0 Å². The Morgan fingerprint density at radius 3 is 2.68 bits per heavy atom. The molecule has 0 fully saturated rings. The van der Waals surface area contributed by atoms with Crippen LogP contribution in [0.5, 0.6) is 0 Å². The number of likely N-dealkylation sites (N-methyl/N-ethyl adjacent to an activating group) is 2. The molecule has 0 aliphatic carbocycles. The monoisotopic (exact) mass is 261 g/mol. The Morgan fingerprint density at radius 2 is 2.05 bits per heavy atom. The van der Waals surface area contributed by atoms with E-state index in [2.05, 4.69) is 10.6 Å². The minimum absolute atomic E-state index is 0.0670. The maximum absolute atomic E-state index is 11.8. The Kier molecular flexibility index (Phi) is 3.85. The molecule has 1 aliphatic rings. The minimum atomic E-state index is -0.363. The molecule has 0 aromatic heterocycles. The number of benzene rings is 1. The second-order valence-corrected chi connectivity index (χ2v) is 4.68. The van der Waals surface area contributed by atoms with Crippen molar-refractivity contribution in [2.24, 2.45) is 0 Å². The van der Waals surface area contributed by atoms with E-state index in [1.807, 2.05) is 18.2 Å². The molecule has 0 spiro atoms. The van der Waals surface area contributed by atoms with Crippen LogP contribution in [0.4, 0.5) is 5.69 Å². The summed E-state index contributed by atoms with van der Waals surface area (Å²) in [5.41, 5.74) is 2.97. The molecule has 0 saturated heterocycles. The molecule has 1 unspecified atom stereocenters. The molecule has 1 aromatic rings. The summed E-state index contributed by atoms with van der Waals surface area (Å²) in [6.45, 7) is 0. The summed E-state index contributed by atoms with van der Waals surface area (Å²) >= 11 is 0. The van der Waals surface area contributed by atoms with Gasteiger partial charge in [0.2, 0.25) is 11.8 Å². The number of aryl methyl sites for hydroxylation is 1. The van der Waals surface area contributed by atoms with Gasteiger partial charge in [-0.25, -0.2) is 0 Å². The molecule has 1 heterocycles. The first kappa shape index (κ1) is 13.5. The summed E-state index contributed by atoms with van der Waals surface area (Å²) < 4.78 is 0. The Morgan fingerprint density at radius 1 is 1.32 bits per heavy atom. The van der Waals surface area contributed by atoms with E-state index in [9.17, 15) is 9.59 Å². The predicted molar refractivity (Wildman–Crippen MR) is 74.0 cm³/mol. The van der Waals surface area contributed by atoms with E-state index in [4.69, 9.17) is 0 Å². The first-order valence-electron chi connectivity index (χ1n) is 6.36. The van der Waals surface area contributed by atoms with Gasteiger partial charge in [-0.05, 0) is 30.7 Å². The summed E-state index contributed by atoms with van der Waals surface area (Å²) in [5.74, 6) is 0.0689. The van der Waals surface area contributed by atoms with Crippen LogP contribution in [0.2, 0.25) is 0 Å². The van der Waals surface area contributed by atoms with Gasteiger partial charge in [-0.1, -0.05) is 12.1 Å². The first-order chi connectivity index (χ1) is 9.08. The highest BCUT2D eigenvalue weighted by atomic mass is 16.2. The van der Waals surface area contributed by atoms with Crippen LogP contribution >= 0.6 is 0 Å². The highest BCUT2D eigenvalue weighted by Gasteiger charge is 2.23. The molecule has 5 heteroatoms. The van der Waals surface area contributed by atoms with Crippen LogP contribution < -0.4 is 15.5 Å². The number of nitrogens with one attached hydrogen (secondary N) is 2. The standard InChI is InChI=1S/C14H19N3O2/c1-15-13(14(19)16-2)10-4-6-11-9(8-10)5-7-12(18)17(11)3/h4,6,8,13,15H,5,7H2,1-3H3,(H,16,19). The van der Waals surface area contributed by atoms with Crippen LogP contribution in [-0.2, 0) is 16.0 Å². The van der Waals surface area contributed by atoms with Gasteiger partial charge in [0.05, 0.1) is 0 Å². The number of hydrogen-bond acceptors (Lipinski definition) is 3. The van der Waals surface area contributed by atoms with E-state index < -0.39 is 0 Å². The van der Waals surface area contributed by atoms with Crippen LogP contribution in [0.3, 0.4) is 0 Å². The summed E-state index contributed by atoms with van der Waals surface area (Å²) in [4.78, 5) is 25.1. The molecule has 2 rings (SSSR count). The molecular formula is C14H19N3O2. The van der Waals surface area contributed by atoms with Gasteiger partial charge >= 0.3 is 0 Å². The summed E-state index contributed by atoms with van der Waals surface area (Å²) in [6, 6.07) is 5.45. The lowest BCUT2D eigenvalue weighted by Gasteiger charge is -2.27. The van der Waals surface area contributed by atoms with Crippen LogP contribution in [0.1, 0.15) is 23.6 Å². The van der Waals surface area contributed by atoms with Gasteiger partial charge in [-0.3, -0.25) is 9.59 Å². The Hall–Kier alpha value is -1.88. The minimum Gasteiger partial charge on any atom is -0.358 e. The van der Waals surface area contributed by atoms with E-state index >= 15 is 0 Å². The van der Waals surface area contributed by atoms with Gasteiger partial charge in [-0.15, -0.1) is 0 Å². The molecule has 2 N–H and O–H groups in total. The SMILES string of the molecule is CNC(=O)C(NC)c1ccc2c(c1)CCC(=O)N2C. The number of anilines is 1. The van der Waals surface area contributed by atoms with Crippen LogP contribution in [-0.4, -0.2) is 33.0 Å². The number of fused-ring (bicyclic) bond motifs is 1. The highest BCUT2D eigenvalue weighted by molar-refractivity contribution is 5.96. The zero-order chi connectivity index (χ0) is 14.0. The molecule has 1 aromatic carbocycles. The van der Waals surface area contributed by atoms with Crippen molar-refractivity contribution in [1.82, 2.24) is 10.6 Å². The third-order valence-corrected chi connectivity index (χ3v) is 3.58. The molecule has 0 radical (unpaired) electrons. The van der Waals surface area contributed by atoms with E-state index in [0.717, 1.165) is 23.2 Å². The molecule has 2 amide bonds. The molecular weight excluding hydrogens is 242 g/mol. The van der Waals surface area contributed by atoms with Crippen molar-refractivity contribution in [2.45, 2.75) is 18.9 Å². The molecule has 1 aliphatic heterocycles. The number of rotatable bonds is 3. The third-order valence-electron chi connectivity index (χ3n) is 3.58. The lowest BCUT2D eigenvalue weighted by molar-refractivity contribution is -0.122. The Labute approximate surface area is 113 Å². The van der Waals surface area contributed by atoms with Crippen molar-refractivity contribution >= 4 is 17.5 Å². The van der Waals surface area contributed by atoms with Crippen molar-refractivity contribution in [1.29, 1.82) is 0 Å². The summed E-state index contributed by atoms with van der Waals surface area (Å²) in [6.07, 6.45) is 1.26. The predicted octanol–water partition coefficient (Wildman–Crippen LogP) is 0.602. The van der Waals surface area contributed by atoms with Crippen LogP contribution in [0.15, 0.2) is 18.2 Å². The maximum Gasteiger partial charge on any atom is 0.241 e. The number of carbonyl (C=O) groups is 2. The normalized spacial score (nSPS) is 15.9. The summed E-state index contributed by atoms with van der Waals surface area (Å²) in [7, 11) is 5.17. The second kappa shape index (κ2) is 5.40. The largest absolute Gasteiger partial charge is 0.358 e. The maximum atomic E-state index is 11.8. The lowest BCUT2D eigenvalue weighted by Crippen LogP contribution is -2.34. The van der Waals surface area contributed by atoms with E-state index in [0.29, 0.717) is 6.42 Å². The summed E-state index contributed by atoms with van der Waals surface area (Å²) in [5, 5.41) is 5.65. The molecule has 5 nitrogen and oxygen atoms in total. The molecule has 0 saturated carbocycles. The Bertz CT molecular complexity index is 513. The van der Waals surface area contributed by atoms with E-state index in [1.165, 1.54) is 0 Å². The zero-order valence-electron chi connectivity index (χ0n) is 11.5. The number of carbonyl (C=O) groups excluding carboxylic acids is 2. The van der Waals surface area contributed by atoms with Crippen molar-refractivity contribution in [3.63, 3.8) is 0 Å². The quantitative estimate of drug-likeness (QED) is 0.837. The average molecular weight is 261 g/mol. The smallest absolute Gasteiger partial charge is 0.241 e.